The van der Waals surface area contributed by atoms with Crippen LogP contribution in [0, 0.1) is 0 Å². The molecule has 0 amide bonds. The fourth-order valence-electron chi connectivity index (χ4n) is 2.16. The van der Waals surface area contributed by atoms with Crippen molar-refractivity contribution in [3.8, 4) is 5.75 Å². The van der Waals surface area contributed by atoms with E-state index < -0.39 is 10.0 Å². The highest BCUT2D eigenvalue weighted by atomic mass is 79.9. The highest BCUT2D eigenvalue weighted by molar-refractivity contribution is 9.11. The minimum absolute atomic E-state index is 0.208. The van der Waals surface area contributed by atoms with Gasteiger partial charge in [-0.25, -0.2) is 13.1 Å². The van der Waals surface area contributed by atoms with Crippen molar-refractivity contribution in [2.75, 3.05) is 6.61 Å². The van der Waals surface area contributed by atoms with Gasteiger partial charge in [-0.15, -0.1) is 11.3 Å². The van der Waals surface area contributed by atoms with Crippen molar-refractivity contribution in [3.63, 3.8) is 0 Å². The van der Waals surface area contributed by atoms with Crippen molar-refractivity contribution in [1.29, 1.82) is 0 Å². The van der Waals surface area contributed by atoms with Gasteiger partial charge in [0.1, 0.15) is 9.96 Å². The summed E-state index contributed by atoms with van der Waals surface area (Å²) >= 11 is 7.90. The van der Waals surface area contributed by atoms with Gasteiger partial charge in [0.2, 0.25) is 10.0 Å². The highest BCUT2D eigenvalue weighted by Gasteiger charge is 2.21. The molecule has 112 valence electrons. The zero-order valence-electron chi connectivity index (χ0n) is 10.7. The standard InChI is InChI=1S/C13H11Br2NO3S2/c14-10-5-8-3-4-19-13(8)9(6-10)7-16-21(17,18)12-2-1-11(15)20-12/h1-2,5-6,16H,3-4,7H2. The maximum atomic E-state index is 12.2. The summed E-state index contributed by atoms with van der Waals surface area (Å²) in [4.78, 5) is 0. The Hall–Kier alpha value is -0.410. The average molecular weight is 453 g/mol. The van der Waals surface area contributed by atoms with Crippen molar-refractivity contribution in [3.05, 3.63) is 43.7 Å². The molecule has 1 aliphatic rings. The quantitative estimate of drug-likeness (QED) is 0.769. The molecule has 0 fully saturated rings. The molecule has 0 saturated carbocycles. The Morgan fingerprint density at radius 1 is 1.29 bits per heavy atom. The van der Waals surface area contributed by atoms with Crippen LogP contribution in [0.25, 0.3) is 0 Å². The molecule has 1 aromatic heterocycles. The molecule has 1 N–H and O–H groups in total. The first kappa shape index (κ1) is 15.5. The summed E-state index contributed by atoms with van der Waals surface area (Å²) in [7, 11) is -3.50. The Balaban J connectivity index is 1.82. The van der Waals surface area contributed by atoms with Crippen LogP contribution in [0.2, 0.25) is 0 Å². The second-order valence-corrected chi connectivity index (χ2v) is 9.91. The van der Waals surface area contributed by atoms with Gasteiger partial charge in [-0.1, -0.05) is 15.9 Å². The van der Waals surface area contributed by atoms with E-state index in [9.17, 15) is 8.42 Å². The van der Waals surface area contributed by atoms with Crippen molar-refractivity contribution in [2.45, 2.75) is 17.2 Å². The van der Waals surface area contributed by atoms with Crippen LogP contribution in [0.15, 0.2) is 36.7 Å². The van der Waals surface area contributed by atoms with E-state index in [4.69, 9.17) is 4.74 Å². The number of benzene rings is 1. The molecular weight excluding hydrogens is 442 g/mol. The summed E-state index contributed by atoms with van der Waals surface area (Å²) in [5.41, 5.74) is 1.95. The molecule has 8 heteroatoms. The Morgan fingerprint density at radius 3 is 2.81 bits per heavy atom. The van der Waals surface area contributed by atoms with Gasteiger partial charge in [-0.2, -0.15) is 0 Å². The summed E-state index contributed by atoms with van der Waals surface area (Å²) in [6, 6.07) is 7.20. The molecule has 0 aliphatic carbocycles. The Kier molecular flexibility index (Phi) is 4.42. The number of hydrogen-bond acceptors (Lipinski definition) is 4. The van der Waals surface area contributed by atoms with Crippen LogP contribution in [-0.4, -0.2) is 15.0 Å². The van der Waals surface area contributed by atoms with Crippen molar-refractivity contribution < 1.29 is 13.2 Å². The maximum absolute atomic E-state index is 12.2. The van der Waals surface area contributed by atoms with Crippen LogP contribution in [0.5, 0.6) is 5.75 Å². The van der Waals surface area contributed by atoms with Crippen LogP contribution >= 0.6 is 43.2 Å². The molecule has 0 unspecified atom stereocenters. The molecule has 2 aromatic rings. The van der Waals surface area contributed by atoms with Crippen LogP contribution in [0.3, 0.4) is 0 Å². The molecule has 0 bridgehead atoms. The van der Waals surface area contributed by atoms with Gasteiger partial charge >= 0.3 is 0 Å². The number of rotatable bonds is 4. The molecule has 4 nitrogen and oxygen atoms in total. The SMILES string of the molecule is O=S(=O)(NCc1cc(Br)cc2c1OCC2)c1ccc(Br)s1. The van der Waals surface area contributed by atoms with E-state index in [0.717, 1.165) is 31.6 Å². The second-order valence-electron chi connectivity index (χ2n) is 4.53. The number of thiophene rings is 1. The molecule has 0 atom stereocenters. The fraction of sp³-hybridized carbons (Fsp3) is 0.231. The molecule has 3 rings (SSSR count). The van der Waals surface area contributed by atoms with E-state index in [2.05, 4.69) is 36.6 Å². The lowest BCUT2D eigenvalue weighted by molar-refractivity contribution is 0.353. The average Bonchev–Trinajstić information content (AvgIpc) is 3.04. The minimum Gasteiger partial charge on any atom is -0.493 e. The third-order valence-corrected chi connectivity index (χ3v) is 7.07. The normalized spacial score (nSPS) is 14.0. The monoisotopic (exact) mass is 451 g/mol. The summed E-state index contributed by atoms with van der Waals surface area (Å²) in [5.74, 6) is 0.799. The van der Waals surface area contributed by atoms with E-state index in [1.165, 1.54) is 11.3 Å². The number of nitrogens with one attached hydrogen (secondary N) is 1. The summed E-state index contributed by atoms with van der Waals surface area (Å²) in [5, 5.41) is 0. The Morgan fingerprint density at radius 2 is 2.10 bits per heavy atom. The fourth-order valence-corrected chi connectivity index (χ4v) is 5.78. The van der Waals surface area contributed by atoms with E-state index >= 15 is 0 Å². The van der Waals surface area contributed by atoms with E-state index in [1.807, 2.05) is 12.1 Å². The zero-order valence-corrected chi connectivity index (χ0v) is 15.5. The van der Waals surface area contributed by atoms with Gasteiger partial charge < -0.3 is 4.74 Å². The van der Waals surface area contributed by atoms with Gasteiger partial charge in [0.25, 0.3) is 0 Å². The molecule has 0 saturated heterocycles. The number of fused-ring (bicyclic) bond motifs is 1. The predicted molar refractivity (Wildman–Crippen MR) is 89.4 cm³/mol. The van der Waals surface area contributed by atoms with E-state index in [0.29, 0.717) is 10.8 Å². The first-order valence-electron chi connectivity index (χ1n) is 6.15. The van der Waals surface area contributed by atoms with Gasteiger partial charge in [0, 0.05) is 23.0 Å². The first-order chi connectivity index (χ1) is 9.95. The van der Waals surface area contributed by atoms with E-state index in [1.54, 1.807) is 12.1 Å². The topological polar surface area (TPSA) is 55.4 Å². The van der Waals surface area contributed by atoms with Crippen molar-refractivity contribution >= 4 is 53.2 Å². The lowest BCUT2D eigenvalue weighted by Gasteiger charge is -2.10. The summed E-state index contributed by atoms with van der Waals surface area (Å²) < 4.78 is 34.7. The Labute approximate surface area is 143 Å². The molecule has 2 heterocycles. The molecule has 0 radical (unpaired) electrons. The van der Waals surface area contributed by atoms with Crippen LogP contribution < -0.4 is 9.46 Å². The third kappa shape index (κ3) is 3.34. The zero-order chi connectivity index (χ0) is 15.0. The Bertz CT molecular complexity index is 787. The smallest absolute Gasteiger partial charge is 0.250 e. The summed E-state index contributed by atoms with van der Waals surface area (Å²) in [6.07, 6.45) is 0.854. The predicted octanol–water partition coefficient (Wildman–Crippen LogP) is 3.69. The molecule has 0 spiro atoms. The number of hydrogen-bond donors (Lipinski definition) is 1. The van der Waals surface area contributed by atoms with Gasteiger partial charge in [-0.3, -0.25) is 0 Å². The number of ether oxygens (including phenoxy) is 1. The highest BCUT2D eigenvalue weighted by Crippen LogP contribution is 2.33. The molecule has 1 aliphatic heterocycles. The molecular formula is C13H11Br2NO3S2. The van der Waals surface area contributed by atoms with Gasteiger partial charge in [0.05, 0.1) is 10.4 Å². The van der Waals surface area contributed by atoms with Crippen LogP contribution in [-0.2, 0) is 23.0 Å². The maximum Gasteiger partial charge on any atom is 0.250 e. The van der Waals surface area contributed by atoms with Crippen molar-refractivity contribution in [2.24, 2.45) is 0 Å². The third-order valence-electron chi connectivity index (χ3n) is 3.09. The number of sulfonamides is 1. The molecule has 1 aromatic carbocycles. The minimum atomic E-state index is -3.50. The van der Waals surface area contributed by atoms with Gasteiger partial charge in [-0.05, 0) is 45.8 Å². The van der Waals surface area contributed by atoms with Crippen LogP contribution in [0.4, 0.5) is 0 Å². The van der Waals surface area contributed by atoms with E-state index in [-0.39, 0.29) is 6.54 Å². The lowest BCUT2D eigenvalue weighted by Crippen LogP contribution is -2.22. The first-order valence-corrected chi connectivity index (χ1v) is 10.0. The van der Waals surface area contributed by atoms with Crippen LogP contribution in [0.1, 0.15) is 11.1 Å². The number of halogens is 2. The lowest BCUT2D eigenvalue weighted by atomic mass is 10.1. The second kappa shape index (κ2) is 6.00. The molecule has 21 heavy (non-hydrogen) atoms. The van der Waals surface area contributed by atoms with Gasteiger partial charge in [0.15, 0.2) is 0 Å². The van der Waals surface area contributed by atoms with Crippen molar-refractivity contribution in [1.82, 2.24) is 4.72 Å². The summed E-state index contributed by atoms with van der Waals surface area (Å²) in [6.45, 7) is 0.850. The largest absolute Gasteiger partial charge is 0.493 e.